The summed E-state index contributed by atoms with van der Waals surface area (Å²) in [6, 6.07) is 2.40. The number of methoxy groups -OCH3 is 1. The third kappa shape index (κ3) is 3.18. The van der Waals surface area contributed by atoms with Crippen LogP contribution < -0.4 is 0 Å². The predicted molar refractivity (Wildman–Crippen MR) is 56.0 cm³/mol. The van der Waals surface area contributed by atoms with Crippen molar-refractivity contribution in [2.75, 3.05) is 26.8 Å². The van der Waals surface area contributed by atoms with Crippen molar-refractivity contribution in [3.05, 3.63) is 29.6 Å². The molecule has 1 aromatic rings. The molecule has 0 N–H and O–H groups in total. The molecule has 1 aliphatic heterocycles. The van der Waals surface area contributed by atoms with Crippen LogP contribution in [-0.2, 0) is 9.57 Å². The Morgan fingerprint density at radius 1 is 1.47 bits per heavy atom. The first-order chi connectivity index (χ1) is 8.19. The molecule has 1 aliphatic rings. The van der Waals surface area contributed by atoms with Crippen molar-refractivity contribution in [3.63, 3.8) is 0 Å². The zero-order valence-electron chi connectivity index (χ0n) is 9.53. The fourth-order valence-electron chi connectivity index (χ4n) is 1.80. The van der Waals surface area contributed by atoms with Crippen LogP contribution in [0.4, 0.5) is 8.78 Å². The van der Waals surface area contributed by atoms with Crippen molar-refractivity contribution >= 4 is 0 Å². The third-order valence-corrected chi connectivity index (χ3v) is 2.62. The van der Waals surface area contributed by atoms with E-state index in [1.54, 1.807) is 12.2 Å². The Hall–Kier alpha value is -1.11. The Kier molecular flexibility index (Phi) is 3.98. The summed E-state index contributed by atoms with van der Waals surface area (Å²) in [7, 11) is 1.61. The number of pyridine rings is 1. The molecule has 94 valence electrons. The molecular weight excluding hydrogens is 230 g/mol. The molecule has 17 heavy (non-hydrogen) atoms. The van der Waals surface area contributed by atoms with Crippen LogP contribution in [0.3, 0.4) is 0 Å². The number of hydroxylamine groups is 2. The largest absolute Gasteiger partial charge is 0.383 e. The number of hydrogen-bond acceptors (Lipinski definition) is 4. The Balaban J connectivity index is 1.99. The summed E-state index contributed by atoms with van der Waals surface area (Å²) in [5.74, 6) is -1.64. The van der Waals surface area contributed by atoms with Gasteiger partial charge in [-0.05, 0) is 24.1 Å². The molecule has 4 nitrogen and oxygen atoms in total. The van der Waals surface area contributed by atoms with Gasteiger partial charge in [0.05, 0.1) is 6.61 Å². The second kappa shape index (κ2) is 5.48. The molecule has 0 radical (unpaired) electrons. The molecule has 0 bridgehead atoms. The van der Waals surface area contributed by atoms with E-state index in [0.29, 0.717) is 25.1 Å². The van der Waals surface area contributed by atoms with E-state index in [-0.39, 0.29) is 6.10 Å². The van der Waals surface area contributed by atoms with Crippen molar-refractivity contribution < 1.29 is 18.4 Å². The van der Waals surface area contributed by atoms with E-state index in [9.17, 15) is 8.78 Å². The number of halogens is 2. The lowest BCUT2D eigenvalue weighted by atomic mass is 10.1. The van der Waals surface area contributed by atoms with E-state index in [4.69, 9.17) is 9.57 Å². The summed E-state index contributed by atoms with van der Waals surface area (Å²) in [6.07, 6.45) is 0.394. The van der Waals surface area contributed by atoms with E-state index in [1.807, 2.05) is 0 Å². The standard InChI is InChI=1S/C11H14F2N2O2/c1-16-5-4-15-3-2-9(17-15)8-6-10(12)14-11(13)7-8/h6-7,9H,2-5H2,1H3/t9-/m0/s1. The SMILES string of the molecule is COCCN1CC[C@@H](c2cc(F)nc(F)c2)O1. The van der Waals surface area contributed by atoms with Crippen LogP contribution in [0.25, 0.3) is 0 Å². The first kappa shape index (κ1) is 12.3. The van der Waals surface area contributed by atoms with Gasteiger partial charge >= 0.3 is 0 Å². The first-order valence-electron chi connectivity index (χ1n) is 5.42. The molecule has 2 rings (SSSR count). The highest BCUT2D eigenvalue weighted by atomic mass is 19.1. The Labute approximate surface area is 98.1 Å². The molecule has 0 saturated carbocycles. The number of ether oxygens (including phenoxy) is 1. The molecule has 1 aromatic heterocycles. The highest BCUT2D eigenvalue weighted by molar-refractivity contribution is 5.15. The van der Waals surface area contributed by atoms with Crippen LogP contribution in [0, 0.1) is 11.9 Å². The maximum Gasteiger partial charge on any atom is 0.215 e. The van der Waals surface area contributed by atoms with E-state index >= 15 is 0 Å². The average Bonchev–Trinajstić information content (AvgIpc) is 2.73. The number of hydrogen-bond donors (Lipinski definition) is 0. The van der Waals surface area contributed by atoms with Crippen molar-refractivity contribution in [1.29, 1.82) is 0 Å². The summed E-state index contributed by atoms with van der Waals surface area (Å²) >= 11 is 0. The predicted octanol–water partition coefficient (Wildman–Crippen LogP) is 1.68. The fourth-order valence-corrected chi connectivity index (χ4v) is 1.80. The quantitative estimate of drug-likeness (QED) is 0.755. The molecule has 6 heteroatoms. The topological polar surface area (TPSA) is 34.6 Å². The van der Waals surface area contributed by atoms with Gasteiger partial charge in [-0.15, -0.1) is 0 Å². The summed E-state index contributed by atoms with van der Waals surface area (Å²) in [6.45, 7) is 1.93. The molecule has 0 spiro atoms. The highest BCUT2D eigenvalue weighted by Crippen LogP contribution is 2.28. The van der Waals surface area contributed by atoms with Crippen LogP contribution in [0.5, 0.6) is 0 Å². The van der Waals surface area contributed by atoms with Crippen LogP contribution in [0.1, 0.15) is 18.1 Å². The second-order valence-electron chi connectivity index (χ2n) is 3.85. The van der Waals surface area contributed by atoms with E-state index in [1.165, 1.54) is 12.1 Å². The van der Waals surface area contributed by atoms with Crippen molar-refractivity contribution in [1.82, 2.24) is 10.0 Å². The minimum Gasteiger partial charge on any atom is -0.383 e. The van der Waals surface area contributed by atoms with Crippen LogP contribution in [-0.4, -0.2) is 36.9 Å². The summed E-state index contributed by atoms with van der Waals surface area (Å²) in [5.41, 5.74) is 0.481. The fraction of sp³-hybridized carbons (Fsp3) is 0.545. The molecule has 1 saturated heterocycles. The van der Waals surface area contributed by atoms with Crippen LogP contribution in [0.15, 0.2) is 12.1 Å². The molecule has 2 heterocycles. The van der Waals surface area contributed by atoms with Gasteiger partial charge in [0, 0.05) is 20.2 Å². The summed E-state index contributed by atoms with van der Waals surface area (Å²) in [5, 5.41) is 1.74. The number of nitrogens with zero attached hydrogens (tertiary/aromatic N) is 2. The van der Waals surface area contributed by atoms with Gasteiger partial charge in [-0.3, -0.25) is 4.84 Å². The van der Waals surface area contributed by atoms with Gasteiger partial charge in [0.25, 0.3) is 0 Å². The normalized spacial score (nSPS) is 21.0. The molecule has 0 aliphatic carbocycles. The molecule has 1 atom stereocenters. The zero-order chi connectivity index (χ0) is 12.3. The van der Waals surface area contributed by atoms with E-state index < -0.39 is 11.9 Å². The second-order valence-corrected chi connectivity index (χ2v) is 3.85. The monoisotopic (exact) mass is 244 g/mol. The lowest BCUT2D eigenvalue weighted by Gasteiger charge is -2.15. The Morgan fingerprint density at radius 3 is 2.82 bits per heavy atom. The first-order valence-corrected chi connectivity index (χ1v) is 5.42. The van der Waals surface area contributed by atoms with Gasteiger partial charge in [0.2, 0.25) is 11.9 Å². The van der Waals surface area contributed by atoms with Gasteiger partial charge in [0.1, 0.15) is 6.10 Å². The highest BCUT2D eigenvalue weighted by Gasteiger charge is 2.25. The van der Waals surface area contributed by atoms with E-state index in [0.717, 1.165) is 6.54 Å². The minimum atomic E-state index is -0.820. The zero-order valence-corrected chi connectivity index (χ0v) is 9.53. The van der Waals surface area contributed by atoms with Gasteiger partial charge in [-0.1, -0.05) is 0 Å². The Morgan fingerprint density at radius 2 is 2.18 bits per heavy atom. The maximum absolute atomic E-state index is 12.9. The van der Waals surface area contributed by atoms with Gasteiger partial charge in [-0.25, -0.2) is 0 Å². The maximum atomic E-state index is 12.9. The van der Waals surface area contributed by atoms with Crippen molar-refractivity contribution in [2.24, 2.45) is 0 Å². The molecule has 1 fully saturated rings. The lowest BCUT2D eigenvalue weighted by molar-refractivity contribution is -0.153. The van der Waals surface area contributed by atoms with Gasteiger partial charge in [-0.2, -0.15) is 18.8 Å². The number of rotatable bonds is 4. The molecule has 0 unspecified atom stereocenters. The average molecular weight is 244 g/mol. The van der Waals surface area contributed by atoms with Crippen LogP contribution >= 0.6 is 0 Å². The molecular formula is C11H14F2N2O2. The summed E-state index contributed by atoms with van der Waals surface area (Å²) in [4.78, 5) is 8.60. The lowest BCUT2D eigenvalue weighted by Crippen LogP contribution is -2.22. The molecule has 0 amide bonds. The van der Waals surface area contributed by atoms with Gasteiger partial charge in [0.15, 0.2) is 0 Å². The third-order valence-electron chi connectivity index (χ3n) is 2.62. The smallest absolute Gasteiger partial charge is 0.215 e. The molecule has 0 aromatic carbocycles. The Bertz CT molecular complexity index is 369. The van der Waals surface area contributed by atoms with Crippen LogP contribution in [0.2, 0.25) is 0 Å². The van der Waals surface area contributed by atoms with Gasteiger partial charge < -0.3 is 4.74 Å². The minimum absolute atomic E-state index is 0.307. The number of aromatic nitrogens is 1. The van der Waals surface area contributed by atoms with Crippen molar-refractivity contribution in [2.45, 2.75) is 12.5 Å². The summed E-state index contributed by atoms with van der Waals surface area (Å²) < 4.78 is 30.8. The van der Waals surface area contributed by atoms with Crippen molar-refractivity contribution in [3.8, 4) is 0 Å². The van der Waals surface area contributed by atoms with E-state index in [2.05, 4.69) is 4.98 Å².